The van der Waals surface area contributed by atoms with Gasteiger partial charge in [0, 0.05) is 30.9 Å². The third kappa shape index (κ3) is 2.48. The number of nitrogens with zero attached hydrogens (tertiary/aromatic N) is 2. The van der Waals surface area contributed by atoms with Gasteiger partial charge in [0.1, 0.15) is 11.4 Å². The van der Waals surface area contributed by atoms with Gasteiger partial charge in [-0.1, -0.05) is 11.6 Å². The molecule has 2 heterocycles. The number of hydrogen-bond acceptors (Lipinski definition) is 3. The normalized spacial score (nSPS) is 17.8. The molecule has 0 aromatic carbocycles. The highest BCUT2D eigenvalue weighted by Gasteiger charge is 2.18. The Hall–Kier alpha value is -1.09. The molecule has 1 fully saturated rings. The molecule has 1 aliphatic heterocycles. The van der Waals surface area contributed by atoms with Gasteiger partial charge >= 0.3 is 0 Å². The maximum atomic E-state index is 10.6. The van der Waals surface area contributed by atoms with Gasteiger partial charge in [-0.25, -0.2) is 4.98 Å². The Morgan fingerprint density at radius 1 is 1.47 bits per heavy atom. The number of aromatic nitrogens is 1. The number of carbonyl (C=O) groups excluding carboxylic acids is 1. The van der Waals surface area contributed by atoms with Gasteiger partial charge in [0.25, 0.3) is 0 Å². The Kier molecular flexibility index (Phi) is 3.21. The van der Waals surface area contributed by atoms with Crippen molar-refractivity contribution in [3.8, 4) is 0 Å². The monoisotopic (exact) mass is 224 g/mol. The van der Waals surface area contributed by atoms with E-state index in [0.717, 1.165) is 37.9 Å². The summed E-state index contributed by atoms with van der Waals surface area (Å²) in [4.78, 5) is 16.8. The fourth-order valence-electron chi connectivity index (χ4n) is 1.88. The lowest BCUT2D eigenvalue weighted by Crippen LogP contribution is -2.34. The van der Waals surface area contributed by atoms with E-state index < -0.39 is 0 Å². The van der Waals surface area contributed by atoms with Crippen LogP contribution in [-0.2, 0) is 4.79 Å². The van der Waals surface area contributed by atoms with Gasteiger partial charge in [0.2, 0.25) is 0 Å². The molecule has 0 aliphatic carbocycles. The number of anilines is 1. The van der Waals surface area contributed by atoms with Gasteiger partial charge in [0.15, 0.2) is 0 Å². The van der Waals surface area contributed by atoms with Gasteiger partial charge in [-0.05, 0) is 25.0 Å². The third-order valence-electron chi connectivity index (χ3n) is 2.81. The van der Waals surface area contributed by atoms with Crippen LogP contribution >= 0.6 is 11.6 Å². The summed E-state index contributed by atoms with van der Waals surface area (Å²) in [7, 11) is 0. The summed E-state index contributed by atoms with van der Waals surface area (Å²) < 4.78 is 0. The first-order valence-corrected chi connectivity index (χ1v) is 5.49. The number of carbonyl (C=O) groups is 1. The number of piperidine rings is 1. The van der Waals surface area contributed by atoms with Crippen LogP contribution < -0.4 is 4.90 Å². The Bertz CT molecular complexity index is 348. The molecule has 0 atom stereocenters. The largest absolute Gasteiger partial charge is 0.371 e. The second kappa shape index (κ2) is 4.62. The van der Waals surface area contributed by atoms with Crippen molar-refractivity contribution in [2.75, 3.05) is 18.0 Å². The van der Waals surface area contributed by atoms with Crippen molar-refractivity contribution in [3.63, 3.8) is 0 Å². The van der Waals surface area contributed by atoms with E-state index in [1.165, 1.54) is 0 Å². The summed E-state index contributed by atoms with van der Waals surface area (Å²) in [6.45, 7) is 1.84. The Labute approximate surface area is 94.1 Å². The molecule has 0 N–H and O–H groups in total. The van der Waals surface area contributed by atoms with Crippen LogP contribution in [0.4, 0.5) is 5.69 Å². The van der Waals surface area contributed by atoms with Crippen molar-refractivity contribution in [1.29, 1.82) is 0 Å². The molecule has 80 valence electrons. The number of hydrogen-bond donors (Lipinski definition) is 0. The van der Waals surface area contributed by atoms with Gasteiger partial charge in [-0.3, -0.25) is 0 Å². The molecule has 1 aromatic heterocycles. The van der Waals surface area contributed by atoms with Gasteiger partial charge in [0.05, 0.1) is 0 Å². The smallest absolute Gasteiger partial charge is 0.131 e. The van der Waals surface area contributed by atoms with Crippen LogP contribution in [0.5, 0.6) is 0 Å². The van der Waals surface area contributed by atoms with Crippen molar-refractivity contribution in [1.82, 2.24) is 4.98 Å². The molecule has 15 heavy (non-hydrogen) atoms. The topological polar surface area (TPSA) is 33.2 Å². The highest BCUT2D eigenvalue weighted by Crippen LogP contribution is 2.23. The number of halogens is 1. The number of aldehydes is 1. The molecule has 0 unspecified atom stereocenters. The molecular formula is C11H13ClN2O. The van der Waals surface area contributed by atoms with Gasteiger partial charge in [-0.15, -0.1) is 0 Å². The lowest BCUT2D eigenvalue weighted by Gasteiger charge is -2.31. The van der Waals surface area contributed by atoms with E-state index in [9.17, 15) is 4.79 Å². The van der Waals surface area contributed by atoms with Gasteiger partial charge < -0.3 is 9.69 Å². The summed E-state index contributed by atoms with van der Waals surface area (Å²) in [5.74, 6) is 0.235. The van der Waals surface area contributed by atoms with Crippen molar-refractivity contribution >= 4 is 23.6 Å². The Morgan fingerprint density at radius 2 is 2.20 bits per heavy atom. The Morgan fingerprint density at radius 3 is 2.80 bits per heavy atom. The second-order valence-corrected chi connectivity index (χ2v) is 4.18. The molecule has 3 nitrogen and oxygen atoms in total. The summed E-state index contributed by atoms with van der Waals surface area (Å²) in [5, 5.41) is 0.519. The minimum Gasteiger partial charge on any atom is -0.371 e. The fraction of sp³-hybridized carbons (Fsp3) is 0.455. The van der Waals surface area contributed by atoms with Gasteiger partial charge in [-0.2, -0.15) is 0 Å². The highest BCUT2D eigenvalue weighted by molar-refractivity contribution is 6.29. The Balaban J connectivity index is 2.04. The van der Waals surface area contributed by atoms with Crippen LogP contribution in [0.15, 0.2) is 18.3 Å². The molecule has 1 aromatic rings. The molecule has 0 amide bonds. The van der Waals surface area contributed by atoms with Crippen LogP contribution in [0.25, 0.3) is 0 Å². The lowest BCUT2D eigenvalue weighted by atomic mass is 9.98. The average Bonchev–Trinajstić information content (AvgIpc) is 2.29. The molecule has 0 saturated carbocycles. The minimum absolute atomic E-state index is 0.235. The zero-order valence-electron chi connectivity index (χ0n) is 8.40. The third-order valence-corrected chi connectivity index (χ3v) is 3.01. The SMILES string of the molecule is O=CC1CCN(c2ccnc(Cl)c2)CC1. The predicted molar refractivity (Wildman–Crippen MR) is 60.2 cm³/mol. The van der Waals surface area contributed by atoms with Crippen molar-refractivity contribution in [2.24, 2.45) is 5.92 Å². The fourth-order valence-corrected chi connectivity index (χ4v) is 2.05. The molecule has 1 saturated heterocycles. The van der Waals surface area contributed by atoms with Crippen molar-refractivity contribution < 1.29 is 4.79 Å². The maximum absolute atomic E-state index is 10.6. The molecule has 2 rings (SSSR count). The zero-order chi connectivity index (χ0) is 10.7. The van der Waals surface area contributed by atoms with E-state index in [1.807, 2.05) is 12.1 Å². The molecule has 0 radical (unpaired) electrons. The van der Waals surface area contributed by atoms with E-state index in [1.54, 1.807) is 6.20 Å². The quantitative estimate of drug-likeness (QED) is 0.570. The van der Waals surface area contributed by atoms with E-state index >= 15 is 0 Å². The van der Waals surface area contributed by atoms with Crippen LogP contribution in [0.2, 0.25) is 5.15 Å². The predicted octanol–water partition coefficient (Wildman–Crippen LogP) is 2.15. The van der Waals surface area contributed by atoms with E-state index in [0.29, 0.717) is 5.15 Å². The highest BCUT2D eigenvalue weighted by atomic mass is 35.5. The molecule has 1 aliphatic rings. The first-order valence-electron chi connectivity index (χ1n) is 5.11. The van der Waals surface area contributed by atoms with Crippen molar-refractivity contribution in [2.45, 2.75) is 12.8 Å². The number of pyridine rings is 1. The summed E-state index contributed by atoms with van der Waals surface area (Å²) in [5.41, 5.74) is 1.10. The van der Waals surface area contributed by atoms with Crippen LogP contribution in [0.3, 0.4) is 0 Å². The van der Waals surface area contributed by atoms with Crippen LogP contribution in [-0.4, -0.2) is 24.4 Å². The molecule has 4 heteroatoms. The van der Waals surface area contributed by atoms with E-state index in [4.69, 9.17) is 11.6 Å². The maximum Gasteiger partial charge on any atom is 0.131 e. The van der Waals surface area contributed by atoms with E-state index in [2.05, 4.69) is 9.88 Å². The first-order chi connectivity index (χ1) is 7.29. The molecule has 0 bridgehead atoms. The summed E-state index contributed by atoms with van der Waals surface area (Å²) in [6.07, 6.45) is 4.65. The lowest BCUT2D eigenvalue weighted by molar-refractivity contribution is -0.111. The first kappa shape index (κ1) is 10.4. The van der Waals surface area contributed by atoms with Crippen LogP contribution in [0.1, 0.15) is 12.8 Å². The number of rotatable bonds is 2. The van der Waals surface area contributed by atoms with Crippen LogP contribution in [0, 0.1) is 5.92 Å². The second-order valence-electron chi connectivity index (χ2n) is 3.80. The minimum atomic E-state index is 0.235. The molecular weight excluding hydrogens is 212 g/mol. The summed E-state index contributed by atoms with van der Waals surface area (Å²) >= 11 is 5.83. The van der Waals surface area contributed by atoms with E-state index in [-0.39, 0.29) is 5.92 Å². The standard InChI is InChI=1S/C11H13ClN2O/c12-11-7-10(1-4-13-11)14-5-2-9(8-15)3-6-14/h1,4,7-9H,2-3,5-6H2. The summed E-state index contributed by atoms with van der Waals surface area (Å²) in [6, 6.07) is 3.82. The average molecular weight is 225 g/mol. The zero-order valence-corrected chi connectivity index (χ0v) is 9.15. The van der Waals surface area contributed by atoms with Crippen molar-refractivity contribution in [3.05, 3.63) is 23.5 Å². The molecule has 0 spiro atoms.